The van der Waals surface area contributed by atoms with E-state index in [1.807, 2.05) is 0 Å². The van der Waals surface area contributed by atoms with E-state index >= 15 is 0 Å². The number of carbonyl (C=O) groups excluding carboxylic acids is 2. The topological polar surface area (TPSA) is 91.5 Å². The van der Waals surface area contributed by atoms with E-state index in [2.05, 4.69) is 4.98 Å². The SMILES string of the molecule is CCOC(=O)c1cc(Cl)ccc1-c1csc(COc2ccc(F)c(C(N)=O)c2F)n1. The molecule has 0 radical (unpaired) electrons. The van der Waals surface area contributed by atoms with Crippen LogP contribution in [0.3, 0.4) is 0 Å². The summed E-state index contributed by atoms with van der Waals surface area (Å²) in [5.74, 6) is -4.35. The van der Waals surface area contributed by atoms with Gasteiger partial charge in [-0.05, 0) is 31.2 Å². The van der Waals surface area contributed by atoms with Crippen LogP contribution in [0.15, 0.2) is 35.7 Å². The molecule has 156 valence electrons. The molecule has 10 heteroatoms. The molecule has 0 unspecified atom stereocenters. The van der Waals surface area contributed by atoms with E-state index in [0.717, 1.165) is 12.1 Å². The summed E-state index contributed by atoms with van der Waals surface area (Å²) in [6.07, 6.45) is 0. The lowest BCUT2D eigenvalue weighted by atomic mass is 10.1. The number of nitrogens with two attached hydrogens (primary N) is 1. The Bertz CT molecular complexity index is 1120. The zero-order chi connectivity index (χ0) is 21.8. The number of esters is 1. The largest absolute Gasteiger partial charge is 0.483 e. The Kier molecular flexibility index (Phi) is 6.63. The third kappa shape index (κ3) is 4.58. The highest BCUT2D eigenvalue weighted by Gasteiger charge is 2.20. The highest BCUT2D eigenvalue weighted by atomic mass is 35.5. The van der Waals surface area contributed by atoms with Gasteiger partial charge in [-0.25, -0.2) is 18.6 Å². The average Bonchev–Trinajstić information content (AvgIpc) is 3.16. The molecule has 2 aromatic carbocycles. The van der Waals surface area contributed by atoms with E-state index in [-0.39, 0.29) is 24.5 Å². The molecule has 3 aromatic rings. The first-order chi connectivity index (χ1) is 14.3. The lowest BCUT2D eigenvalue weighted by molar-refractivity contribution is 0.0527. The standard InChI is InChI=1S/C20H15ClF2N2O4S/c1-2-28-20(27)12-7-10(21)3-4-11(12)14-9-30-16(25-14)8-29-15-6-5-13(22)17(18(15)23)19(24)26/h3-7,9H,2,8H2,1H3,(H2,24,26). The fourth-order valence-corrected chi connectivity index (χ4v) is 3.51. The first kappa shape index (κ1) is 21.7. The van der Waals surface area contributed by atoms with Crippen LogP contribution in [0.25, 0.3) is 11.3 Å². The van der Waals surface area contributed by atoms with E-state index in [9.17, 15) is 18.4 Å². The summed E-state index contributed by atoms with van der Waals surface area (Å²) in [4.78, 5) is 27.8. The van der Waals surface area contributed by atoms with Crippen LogP contribution < -0.4 is 10.5 Å². The van der Waals surface area contributed by atoms with Crippen LogP contribution in [0.2, 0.25) is 5.02 Å². The fraction of sp³-hybridized carbons (Fsp3) is 0.150. The summed E-state index contributed by atoms with van der Waals surface area (Å²) < 4.78 is 38.2. The van der Waals surface area contributed by atoms with E-state index in [1.165, 1.54) is 17.4 Å². The zero-order valence-corrected chi connectivity index (χ0v) is 17.2. The molecule has 0 atom stereocenters. The quantitative estimate of drug-likeness (QED) is 0.529. The van der Waals surface area contributed by atoms with Gasteiger partial charge in [0.1, 0.15) is 23.0 Å². The lowest BCUT2D eigenvalue weighted by Gasteiger charge is -2.09. The zero-order valence-electron chi connectivity index (χ0n) is 15.6. The van der Waals surface area contributed by atoms with Crippen LogP contribution >= 0.6 is 22.9 Å². The summed E-state index contributed by atoms with van der Waals surface area (Å²) in [5, 5.41) is 2.53. The Morgan fingerprint density at radius 2 is 2.00 bits per heavy atom. The van der Waals surface area contributed by atoms with Gasteiger partial charge in [0.15, 0.2) is 11.6 Å². The second-order valence-electron chi connectivity index (χ2n) is 5.92. The minimum absolute atomic E-state index is 0.145. The number of hydrogen-bond acceptors (Lipinski definition) is 6. The molecular formula is C20H15ClF2N2O4S. The maximum Gasteiger partial charge on any atom is 0.338 e. The first-order valence-corrected chi connectivity index (χ1v) is 9.89. The number of hydrogen-bond donors (Lipinski definition) is 1. The number of thiazole rings is 1. The maximum absolute atomic E-state index is 14.3. The van der Waals surface area contributed by atoms with Gasteiger partial charge in [-0.1, -0.05) is 17.7 Å². The van der Waals surface area contributed by atoms with Crippen molar-refractivity contribution >= 4 is 34.8 Å². The van der Waals surface area contributed by atoms with Gasteiger partial charge in [0.05, 0.1) is 17.9 Å². The van der Waals surface area contributed by atoms with Crippen LogP contribution in [-0.2, 0) is 11.3 Å². The van der Waals surface area contributed by atoms with Crippen molar-refractivity contribution in [3.05, 3.63) is 68.5 Å². The van der Waals surface area contributed by atoms with Crippen molar-refractivity contribution in [2.75, 3.05) is 6.61 Å². The molecule has 0 fully saturated rings. The number of halogens is 3. The van der Waals surface area contributed by atoms with E-state index in [4.69, 9.17) is 26.8 Å². The number of benzene rings is 2. The molecule has 0 aliphatic heterocycles. The minimum Gasteiger partial charge on any atom is -0.483 e. The highest BCUT2D eigenvalue weighted by Crippen LogP contribution is 2.30. The number of rotatable bonds is 7. The molecule has 0 saturated carbocycles. The molecule has 1 heterocycles. The van der Waals surface area contributed by atoms with Gasteiger partial charge < -0.3 is 15.2 Å². The predicted octanol–water partition coefficient (Wildman–Crippen LogP) is 4.60. The molecule has 0 spiro atoms. The smallest absolute Gasteiger partial charge is 0.338 e. The number of amides is 1. The second kappa shape index (κ2) is 9.19. The third-order valence-electron chi connectivity index (χ3n) is 3.96. The average molecular weight is 453 g/mol. The predicted molar refractivity (Wildman–Crippen MR) is 108 cm³/mol. The Morgan fingerprint density at radius 1 is 1.23 bits per heavy atom. The van der Waals surface area contributed by atoms with Crippen LogP contribution in [0.5, 0.6) is 5.75 Å². The Hall–Kier alpha value is -3.04. The fourth-order valence-electron chi connectivity index (χ4n) is 2.63. The molecule has 30 heavy (non-hydrogen) atoms. The summed E-state index contributed by atoms with van der Waals surface area (Å²) >= 11 is 7.20. The van der Waals surface area contributed by atoms with Crippen LogP contribution in [0, 0.1) is 11.6 Å². The molecule has 1 aromatic heterocycles. The van der Waals surface area contributed by atoms with Gasteiger partial charge in [0.2, 0.25) is 0 Å². The van der Waals surface area contributed by atoms with Crippen molar-refractivity contribution in [1.29, 1.82) is 0 Å². The van der Waals surface area contributed by atoms with Gasteiger partial charge in [0.25, 0.3) is 5.91 Å². The van der Waals surface area contributed by atoms with Crippen molar-refractivity contribution in [3.8, 4) is 17.0 Å². The normalized spacial score (nSPS) is 10.7. The van der Waals surface area contributed by atoms with Crippen LogP contribution in [0.4, 0.5) is 8.78 Å². The minimum atomic E-state index is -1.23. The number of ether oxygens (including phenoxy) is 2. The Labute approximate surface area is 179 Å². The summed E-state index contributed by atoms with van der Waals surface area (Å²) in [6.45, 7) is 1.75. The third-order valence-corrected chi connectivity index (χ3v) is 5.02. The van der Waals surface area contributed by atoms with E-state index < -0.39 is 29.1 Å². The number of nitrogens with zero attached hydrogens (tertiary/aromatic N) is 1. The summed E-state index contributed by atoms with van der Waals surface area (Å²) in [6, 6.07) is 6.71. The molecule has 3 rings (SSSR count). The van der Waals surface area contributed by atoms with Gasteiger partial charge >= 0.3 is 5.97 Å². The van der Waals surface area contributed by atoms with Crippen molar-refractivity contribution in [1.82, 2.24) is 4.98 Å². The Morgan fingerprint density at radius 3 is 2.70 bits per heavy atom. The van der Waals surface area contributed by atoms with Gasteiger partial charge in [-0.3, -0.25) is 4.79 Å². The molecule has 0 saturated heterocycles. The molecule has 2 N–H and O–H groups in total. The lowest BCUT2D eigenvalue weighted by Crippen LogP contribution is -2.16. The van der Waals surface area contributed by atoms with Crippen molar-refractivity contribution in [3.63, 3.8) is 0 Å². The molecule has 0 aliphatic carbocycles. The van der Waals surface area contributed by atoms with Gasteiger partial charge in [-0.2, -0.15) is 0 Å². The summed E-state index contributed by atoms with van der Waals surface area (Å²) in [5.41, 5.74) is 5.39. The van der Waals surface area contributed by atoms with Crippen molar-refractivity contribution in [2.45, 2.75) is 13.5 Å². The molecule has 1 amide bonds. The number of primary amides is 1. The molecular weight excluding hydrogens is 438 g/mol. The monoisotopic (exact) mass is 452 g/mol. The van der Waals surface area contributed by atoms with Gasteiger partial charge in [-0.15, -0.1) is 11.3 Å². The maximum atomic E-state index is 14.3. The van der Waals surface area contributed by atoms with Gasteiger partial charge in [0, 0.05) is 16.0 Å². The number of carbonyl (C=O) groups is 2. The summed E-state index contributed by atoms with van der Waals surface area (Å²) in [7, 11) is 0. The van der Waals surface area contributed by atoms with E-state index in [0.29, 0.717) is 21.3 Å². The highest BCUT2D eigenvalue weighted by molar-refractivity contribution is 7.09. The van der Waals surface area contributed by atoms with Crippen molar-refractivity contribution in [2.24, 2.45) is 5.73 Å². The Balaban J connectivity index is 1.83. The first-order valence-electron chi connectivity index (χ1n) is 8.63. The van der Waals surface area contributed by atoms with Crippen LogP contribution in [-0.4, -0.2) is 23.5 Å². The van der Waals surface area contributed by atoms with E-state index in [1.54, 1.807) is 24.4 Å². The molecule has 6 nitrogen and oxygen atoms in total. The molecule has 0 bridgehead atoms. The number of aromatic nitrogens is 1. The van der Waals surface area contributed by atoms with Crippen LogP contribution in [0.1, 0.15) is 32.6 Å². The second-order valence-corrected chi connectivity index (χ2v) is 7.30. The van der Waals surface area contributed by atoms with Crippen molar-refractivity contribution < 1.29 is 27.8 Å². The molecule has 0 aliphatic rings.